The Balaban J connectivity index is 1.61. The highest BCUT2D eigenvalue weighted by Gasteiger charge is 2.14. The molecule has 0 saturated heterocycles. The standard InChI is InChI=1S/C18H18FN3S/c1-22-17(15-11-5-6-12-16(15)19)20-21-18(22)23-13-7-10-14-8-3-2-4-9-14/h2-6,8-9,11-12H,7,10,13H2,1H3. The van der Waals surface area contributed by atoms with Crippen molar-refractivity contribution in [1.82, 2.24) is 14.8 Å². The van der Waals surface area contributed by atoms with Crippen molar-refractivity contribution < 1.29 is 4.39 Å². The molecule has 0 unspecified atom stereocenters. The van der Waals surface area contributed by atoms with Gasteiger partial charge >= 0.3 is 0 Å². The molecule has 0 aliphatic heterocycles. The smallest absolute Gasteiger partial charge is 0.191 e. The maximum absolute atomic E-state index is 13.9. The van der Waals surface area contributed by atoms with E-state index in [-0.39, 0.29) is 5.82 Å². The highest BCUT2D eigenvalue weighted by atomic mass is 32.2. The van der Waals surface area contributed by atoms with Gasteiger partial charge in [0.2, 0.25) is 0 Å². The summed E-state index contributed by atoms with van der Waals surface area (Å²) in [5.74, 6) is 1.25. The first-order valence-electron chi connectivity index (χ1n) is 7.57. The monoisotopic (exact) mass is 327 g/mol. The van der Waals surface area contributed by atoms with E-state index < -0.39 is 0 Å². The van der Waals surface area contributed by atoms with Gasteiger partial charge in [0.05, 0.1) is 5.56 Å². The molecule has 5 heteroatoms. The number of hydrogen-bond donors (Lipinski definition) is 0. The summed E-state index contributed by atoms with van der Waals surface area (Å²) in [6.45, 7) is 0. The van der Waals surface area contributed by atoms with Gasteiger partial charge in [-0.2, -0.15) is 0 Å². The van der Waals surface area contributed by atoms with Gasteiger partial charge < -0.3 is 4.57 Å². The first kappa shape index (κ1) is 15.7. The van der Waals surface area contributed by atoms with Gasteiger partial charge in [-0.05, 0) is 30.5 Å². The molecule has 0 amide bonds. The van der Waals surface area contributed by atoms with Crippen molar-refractivity contribution in [3.05, 3.63) is 66.0 Å². The fourth-order valence-electron chi connectivity index (χ4n) is 2.40. The van der Waals surface area contributed by atoms with Crippen LogP contribution < -0.4 is 0 Å². The van der Waals surface area contributed by atoms with Crippen LogP contribution in [0.3, 0.4) is 0 Å². The van der Waals surface area contributed by atoms with Gasteiger partial charge in [-0.1, -0.05) is 54.2 Å². The van der Waals surface area contributed by atoms with Crippen molar-refractivity contribution in [1.29, 1.82) is 0 Å². The van der Waals surface area contributed by atoms with Gasteiger partial charge in [0.15, 0.2) is 11.0 Å². The van der Waals surface area contributed by atoms with Crippen LogP contribution in [0.1, 0.15) is 12.0 Å². The summed E-state index contributed by atoms with van der Waals surface area (Å²) in [7, 11) is 1.88. The summed E-state index contributed by atoms with van der Waals surface area (Å²) >= 11 is 1.65. The molecular weight excluding hydrogens is 309 g/mol. The number of nitrogens with zero attached hydrogens (tertiary/aromatic N) is 3. The molecule has 0 atom stereocenters. The topological polar surface area (TPSA) is 30.7 Å². The van der Waals surface area contributed by atoms with Crippen LogP contribution in [0, 0.1) is 5.82 Å². The van der Waals surface area contributed by atoms with Crippen molar-refractivity contribution in [2.24, 2.45) is 7.05 Å². The first-order chi connectivity index (χ1) is 11.3. The molecule has 0 N–H and O–H groups in total. The maximum atomic E-state index is 13.9. The van der Waals surface area contributed by atoms with E-state index in [1.807, 2.05) is 17.7 Å². The van der Waals surface area contributed by atoms with Crippen molar-refractivity contribution in [2.45, 2.75) is 18.0 Å². The lowest BCUT2D eigenvalue weighted by Gasteiger charge is -2.05. The molecule has 118 valence electrons. The van der Waals surface area contributed by atoms with Crippen molar-refractivity contribution in [3.63, 3.8) is 0 Å². The van der Waals surface area contributed by atoms with Gasteiger partial charge in [0, 0.05) is 12.8 Å². The summed E-state index contributed by atoms with van der Waals surface area (Å²) in [4.78, 5) is 0. The van der Waals surface area contributed by atoms with E-state index in [2.05, 4.69) is 34.5 Å². The third-order valence-electron chi connectivity index (χ3n) is 3.63. The quantitative estimate of drug-likeness (QED) is 0.498. The van der Waals surface area contributed by atoms with Crippen LogP contribution in [0.15, 0.2) is 59.8 Å². The minimum atomic E-state index is -0.274. The van der Waals surface area contributed by atoms with E-state index in [0.717, 1.165) is 23.8 Å². The summed E-state index contributed by atoms with van der Waals surface area (Å²) in [5.41, 5.74) is 1.83. The Morgan fingerprint density at radius 3 is 2.52 bits per heavy atom. The highest BCUT2D eigenvalue weighted by Crippen LogP contribution is 2.25. The fourth-order valence-corrected chi connectivity index (χ4v) is 3.25. The van der Waals surface area contributed by atoms with Crippen molar-refractivity contribution in [3.8, 4) is 11.4 Å². The minimum absolute atomic E-state index is 0.274. The molecule has 0 aliphatic carbocycles. The van der Waals surface area contributed by atoms with E-state index in [1.54, 1.807) is 30.0 Å². The molecule has 23 heavy (non-hydrogen) atoms. The maximum Gasteiger partial charge on any atom is 0.191 e. The molecule has 2 aromatic carbocycles. The number of rotatable bonds is 6. The van der Waals surface area contributed by atoms with E-state index in [1.165, 1.54) is 11.6 Å². The Kier molecular flexibility index (Phi) is 5.08. The predicted octanol–water partition coefficient (Wildman–Crippen LogP) is 4.35. The lowest BCUT2D eigenvalue weighted by molar-refractivity contribution is 0.628. The zero-order chi connectivity index (χ0) is 16.1. The summed E-state index contributed by atoms with van der Waals surface area (Å²) in [5, 5.41) is 9.14. The number of benzene rings is 2. The molecule has 0 spiro atoms. The SMILES string of the molecule is Cn1c(SCCCc2ccccc2)nnc1-c1ccccc1F. The molecule has 0 bridgehead atoms. The second-order valence-corrected chi connectivity index (χ2v) is 6.34. The summed E-state index contributed by atoms with van der Waals surface area (Å²) in [6.07, 6.45) is 2.11. The molecular formula is C18H18FN3S. The lowest BCUT2D eigenvalue weighted by atomic mass is 10.1. The Hall–Kier alpha value is -2.14. The zero-order valence-corrected chi connectivity index (χ0v) is 13.8. The number of aromatic nitrogens is 3. The van der Waals surface area contributed by atoms with Gasteiger partial charge in [0.1, 0.15) is 5.82 Å². The molecule has 1 aromatic heterocycles. The molecule has 0 saturated carbocycles. The summed E-state index contributed by atoms with van der Waals surface area (Å²) < 4.78 is 15.7. The largest absolute Gasteiger partial charge is 0.305 e. The number of aryl methyl sites for hydroxylation is 1. The Morgan fingerprint density at radius 2 is 1.74 bits per heavy atom. The average Bonchev–Trinajstić information content (AvgIpc) is 2.94. The number of hydrogen-bond acceptors (Lipinski definition) is 3. The third-order valence-corrected chi connectivity index (χ3v) is 4.74. The Labute approximate surface area is 139 Å². The summed E-state index contributed by atoms with van der Waals surface area (Å²) in [6, 6.07) is 17.1. The molecule has 0 radical (unpaired) electrons. The number of thioether (sulfide) groups is 1. The van der Waals surface area contributed by atoms with E-state index in [0.29, 0.717) is 11.4 Å². The van der Waals surface area contributed by atoms with E-state index in [4.69, 9.17) is 0 Å². The molecule has 3 aromatic rings. The van der Waals surface area contributed by atoms with Crippen LogP contribution in [-0.2, 0) is 13.5 Å². The highest BCUT2D eigenvalue weighted by molar-refractivity contribution is 7.99. The molecule has 1 heterocycles. The van der Waals surface area contributed by atoms with Crippen LogP contribution in [0.5, 0.6) is 0 Å². The second kappa shape index (κ2) is 7.42. The Bertz CT molecular complexity index is 771. The van der Waals surface area contributed by atoms with Crippen molar-refractivity contribution in [2.75, 3.05) is 5.75 Å². The van der Waals surface area contributed by atoms with Crippen molar-refractivity contribution >= 4 is 11.8 Å². The van der Waals surface area contributed by atoms with Crippen LogP contribution in [0.25, 0.3) is 11.4 Å². The average molecular weight is 327 g/mol. The minimum Gasteiger partial charge on any atom is -0.305 e. The fraction of sp³-hybridized carbons (Fsp3) is 0.222. The second-order valence-electron chi connectivity index (χ2n) is 5.28. The zero-order valence-electron chi connectivity index (χ0n) is 12.9. The van der Waals surface area contributed by atoms with Gasteiger partial charge in [-0.3, -0.25) is 0 Å². The third kappa shape index (κ3) is 3.79. The number of halogens is 1. The normalized spacial score (nSPS) is 10.9. The molecule has 3 rings (SSSR count). The van der Waals surface area contributed by atoms with Crippen LogP contribution >= 0.6 is 11.8 Å². The predicted molar refractivity (Wildman–Crippen MR) is 91.9 cm³/mol. The van der Waals surface area contributed by atoms with Crippen LogP contribution in [0.2, 0.25) is 0 Å². The van der Waals surface area contributed by atoms with Crippen LogP contribution in [0.4, 0.5) is 4.39 Å². The van der Waals surface area contributed by atoms with Crippen LogP contribution in [-0.4, -0.2) is 20.5 Å². The molecule has 0 fully saturated rings. The Morgan fingerprint density at radius 1 is 1.00 bits per heavy atom. The first-order valence-corrected chi connectivity index (χ1v) is 8.55. The van der Waals surface area contributed by atoms with E-state index in [9.17, 15) is 4.39 Å². The van der Waals surface area contributed by atoms with Gasteiger partial charge in [-0.15, -0.1) is 10.2 Å². The molecule has 0 aliphatic rings. The van der Waals surface area contributed by atoms with Gasteiger partial charge in [-0.25, -0.2) is 4.39 Å². The molecule has 3 nitrogen and oxygen atoms in total. The van der Waals surface area contributed by atoms with Gasteiger partial charge in [0.25, 0.3) is 0 Å². The lowest BCUT2D eigenvalue weighted by Crippen LogP contribution is -1.97. The van der Waals surface area contributed by atoms with E-state index >= 15 is 0 Å².